The van der Waals surface area contributed by atoms with Crippen LogP contribution in [0.25, 0.3) is 0 Å². The largest absolute Gasteiger partial charge is 0.481 e. The molecular formula is C16H20O8S2. The molecule has 0 aliphatic heterocycles. The summed E-state index contributed by atoms with van der Waals surface area (Å²) in [5.74, 6) is -3.57. The highest BCUT2D eigenvalue weighted by atomic mass is 32.2. The lowest BCUT2D eigenvalue weighted by Crippen LogP contribution is -2.47. The van der Waals surface area contributed by atoms with E-state index in [2.05, 4.69) is 0 Å². The molecule has 2 aliphatic carbocycles. The first-order valence-electron chi connectivity index (χ1n) is 8.02. The van der Waals surface area contributed by atoms with Gasteiger partial charge in [0.15, 0.2) is 0 Å². The van der Waals surface area contributed by atoms with Gasteiger partial charge in [-0.1, -0.05) is 30.3 Å². The molecule has 144 valence electrons. The van der Waals surface area contributed by atoms with E-state index in [0.717, 1.165) is 18.1 Å². The van der Waals surface area contributed by atoms with Gasteiger partial charge in [0.2, 0.25) is 0 Å². The van der Waals surface area contributed by atoms with Crippen LogP contribution in [0.5, 0.6) is 0 Å². The number of rotatable bonds is 6. The fourth-order valence-corrected chi connectivity index (χ4v) is 5.74. The maximum absolute atomic E-state index is 11.9. The molecule has 1 aromatic rings. The maximum Gasteiger partial charge on any atom is 0.307 e. The first-order chi connectivity index (χ1) is 12.0. The average molecular weight is 404 g/mol. The van der Waals surface area contributed by atoms with Crippen LogP contribution in [-0.2, 0) is 33.4 Å². The van der Waals surface area contributed by atoms with E-state index in [0.29, 0.717) is 6.42 Å². The van der Waals surface area contributed by atoms with Crippen molar-refractivity contribution in [2.45, 2.75) is 24.5 Å². The average Bonchev–Trinajstić information content (AvgIpc) is 3.02. The first kappa shape index (κ1) is 19.3. The third kappa shape index (κ3) is 3.78. The van der Waals surface area contributed by atoms with Crippen molar-refractivity contribution in [3.05, 3.63) is 35.9 Å². The highest BCUT2D eigenvalue weighted by molar-refractivity contribution is 7.86. The zero-order valence-corrected chi connectivity index (χ0v) is 15.8. The highest BCUT2D eigenvalue weighted by Gasteiger charge is 2.63. The lowest BCUT2D eigenvalue weighted by atomic mass is 9.73. The number of benzene rings is 1. The minimum atomic E-state index is -3.92. The molecule has 2 fully saturated rings. The van der Waals surface area contributed by atoms with Crippen LogP contribution in [0.3, 0.4) is 0 Å². The Hall–Kier alpha value is -1.49. The summed E-state index contributed by atoms with van der Waals surface area (Å²) in [6, 6.07) is 8.91. The van der Waals surface area contributed by atoms with E-state index < -0.39 is 62.1 Å². The fraction of sp³-hybridized carbons (Fsp3) is 0.562. The molecule has 2 saturated carbocycles. The van der Waals surface area contributed by atoms with Gasteiger partial charge >= 0.3 is 5.97 Å². The summed E-state index contributed by atoms with van der Waals surface area (Å²) >= 11 is 0. The molecule has 0 aromatic heterocycles. The van der Waals surface area contributed by atoms with Gasteiger partial charge in [0.1, 0.15) is 12.2 Å². The minimum absolute atomic E-state index is 0.316. The molecule has 2 bridgehead atoms. The van der Waals surface area contributed by atoms with Crippen LogP contribution in [0, 0.1) is 17.8 Å². The first-order valence-corrected chi connectivity index (χ1v) is 11.7. The summed E-state index contributed by atoms with van der Waals surface area (Å²) in [5.41, 5.74) is 0.757. The third-order valence-electron chi connectivity index (χ3n) is 5.06. The van der Waals surface area contributed by atoms with Gasteiger partial charge in [-0.15, -0.1) is 0 Å². The van der Waals surface area contributed by atoms with E-state index in [4.69, 9.17) is 8.37 Å². The summed E-state index contributed by atoms with van der Waals surface area (Å²) < 4.78 is 56.9. The van der Waals surface area contributed by atoms with Crippen molar-refractivity contribution >= 4 is 26.2 Å². The third-order valence-corrected chi connectivity index (χ3v) is 6.21. The molecule has 8 nitrogen and oxygen atoms in total. The molecule has 6 atom stereocenters. The van der Waals surface area contributed by atoms with E-state index in [1.54, 1.807) is 30.3 Å². The zero-order chi connectivity index (χ0) is 19.3. The Morgan fingerprint density at radius 2 is 1.46 bits per heavy atom. The van der Waals surface area contributed by atoms with Gasteiger partial charge < -0.3 is 5.11 Å². The molecule has 26 heavy (non-hydrogen) atoms. The zero-order valence-electron chi connectivity index (χ0n) is 14.2. The van der Waals surface area contributed by atoms with Gasteiger partial charge in [-0.25, -0.2) is 0 Å². The van der Waals surface area contributed by atoms with Crippen LogP contribution in [0.4, 0.5) is 0 Å². The van der Waals surface area contributed by atoms with Crippen LogP contribution in [0.2, 0.25) is 0 Å². The highest BCUT2D eigenvalue weighted by Crippen LogP contribution is 2.59. The summed E-state index contributed by atoms with van der Waals surface area (Å²) in [7, 11) is -7.80. The molecule has 1 aromatic carbocycles. The Bertz CT molecular complexity index is 893. The molecule has 0 amide bonds. The second kappa shape index (κ2) is 6.59. The van der Waals surface area contributed by atoms with Gasteiger partial charge in [0.05, 0.1) is 18.4 Å². The van der Waals surface area contributed by atoms with Crippen LogP contribution in [-0.4, -0.2) is 52.6 Å². The molecular weight excluding hydrogens is 384 g/mol. The van der Waals surface area contributed by atoms with Crippen molar-refractivity contribution < 1.29 is 35.1 Å². The number of carboxylic acid groups (broad SMARTS) is 1. The maximum atomic E-state index is 11.9. The monoisotopic (exact) mass is 404 g/mol. The summed E-state index contributed by atoms with van der Waals surface area (Å²) in [6.07, 6.45) is -0.156. The van der Waals surface area contributed by atoms with Crippen molar-refractivity contribution in [1.29, 1.82) is 0 Å². The Labute approximate surface area is 152 Å². The summed E-state index contributed by atoms with van der Waals surface area (Å²) in [5, 5.41) is 9.74. The van der Waals surface area contributed by atoms with Gasteiger partial charge in [-0.3, -0.25) is 13.2 Å². The molecule has 2 aliphatic rings. The number of fused-ring (bicyclic) bond motifs is 2. The number of carboxylic acids is 1. The number of hydrogen-bond donors (Lipinski definition) is 1. The summed E-state index contributed by atoms with van der Waals surface area (Å²) in [6.45, 7) is 0. The quantitative estimate of drug-likeness (QED) is 0.691. The van der Waals surface area contributed by atoms with Crippen molar-refractivity contribution in [2.75, 3.05) is 12.5 Å². The minimum Gasteiger partial charge on any atom is -0.481 e. The fourth-order valence-electron chi connectivity index (χ4n) is 4.43. The molecule has 0 heterocycles. The van der Waals surface area contributed by atoms with E-state index >= 15 is 0 Å². The molecule has 0 saturated heterocycles. The Balaban J connectivity index is 2.04. The Morgan fingerprint density at radius 1 is 0.962 bits per heavy atom. The van der Waals surface area contributed by atoms with Gasteiger partial charge in [-0.2, -0.15) is 16.8 Å². The molecule has 0 radical (unpaired) electrons. The van der Waals surface area contributed by atoms with E-state index in [1.165, 1.54) is 0 Å². The van der Waals surface area contributed by atoms with Crippen molar-refractivity contribution in [1.82, 2.24) is 0 Å². The van der Waals surface area contributed by atoms with E-state index in [-0.39, 0.29) is 0 Å². The standard InChI is InChI=1S/C16H20O8S2/c1-25(19,20)23-14-10-8-11(15(14)24-26(2,21)22)13(16(17)18)12(10)9-6-4-3-5-7-9/h3-7,10-15H,8H2,1-2H3,(H,17,18)/t10-,11+,12+,13-,14+,15-/m0/s1. The molecule has 0 spiro atoms. The normalized spacial score (nSPS) is 34.1. The molecule has 10 heteroatoms. The molecule has 1 N–H and O–H groups in total. The van der Waals surface area contributed by atoms with Gasteiger partial charge in [0.25, 0.3) is 20.2 Å². The van der Waals surface area contributed by atoms with Gasteiger partial charge in [-0.05, 0) is 17.9 Å². The second-order valence-corrected chi connectivity index (χ2v) is 10.1. The van der Waals surface area contributed by atoms with Gasteiger partial charge in [0, 0.05) is 11.8 Å². The lowest BCUT2D eigenvalue weighted by Gasteiger charge is -2.37. The SMILES string of the molecule is CS(=O)(=O)O[C@@H]1[C@H]2C[C@@H]([C@@H]1OS(C)(=O)=O)[C@H](C(=O)O)[C@@H]2c1ccccc1. The lowest BCUT2D eigenvalue weighted by molar-refractivity contribution is -0.147. The Kier molecular flexibility index (Phi) is 4.89. The van der Waals surface area contributed by atoms with Crippen molar-refractivity contribution in [3.8, 4) is 0 Å². The van der Waals surface area contributed by atoms with Crippen molar-refractivity contribution in [3.63, 3.8) is 0 Å². The van der Waals surface area contributed by atoms with Crippen molar-refractivity contribution in [2.24, 2.45) is 17.8 Å². The predicted octanol–water partition coefficient (Wildman–Crippen LogP) is 0.810. The second-order valence-electron chi connectivity index (χ2n) is 6.89. The predicted molar refractivity (Wildman–Crippen MR) is 91.3 cm³/mol. The summed E-state index contributed by atoms with van der Waals surface area (Å²) in [4.78, 5) is 11.9. The van der Waals surface area contributed by atoms with Crippen LogP contribution in [0.15, 0.2) is 30.3 Å². The van der Waals surface area contributed by atoms with Crippen LogP contribution in [0.1, 0.15) is 17.9 Å². The number of hydrogen-bond acceptors (Lipinski definition) is 7. The van der Waals surface area contributed by atoms with Crippen LogP contribution >= 0.6 is 0 Å². The smallest absolute Gasteiger partial charge is 0.307 e. The number of aliphatic carboxylic acids is 1. The molecule has 3 rings (SSSR count). The van der Waals surface area contributed by atoms with E-state index in [9.17, 15) is 26.7 Å². The topological polar surface area (TPSA) is 124 Å². The van der Waals surface area contributed by atoms with E-state index in [1.807, 2.05) is 0 Å². The molecule has 0 unspecified atom stereocenters. The number of carbonyl (C=O) groups is 1. The Morgan fingerprint density at radius 3 is 1.92 bits per heavy atom. The van der Waals surface area contributed by atoms with Crippen LogP contribution < -0.4 is 0 Å².